The highest BCUT2D eigenvalue weighted by Gasteiger charge is 2.37. The first-order valence-corrected chi connectivity index (χ1v) is 12.0. The van der Waals surface area contributed by atoms with Gasteiger partial charge in [0.05, 0.1) is 12.0 Å². The van der Waals surface area contributed by atoms with Gasteiger partial charge in [-0.05, 0) is 41.5 Å². The molecule has 2 amide bonds. The topological polar surface area (TPSA) is 96.0 Å². The summed E-state index contributed by atoms with van der Waals surface area (Å²) in [6, 6.07) is 11.3. The fraction of sp³-hybridized carbons (Fsp3) is 0.391. The molecule has 0 aliphatic carbocycles. The molecule has 0 spiro atoms. The van der Waals surface area contributed by atoms with Crippen LogP contribution in [0, 0.1) is 0 Å². The van der Waals surface area contributed by atoms with Crippen molar-refractivity contribution in [2.45, 2.75) is 44.7 Å². The Morgan fingerprint density at radius 1 is 1.12 bits per heavy atom. The van der Waals surface area contributed by atoms with Crippen LogP contribution in [0.15, 0.2) is 47.4 Å². The van der Waals surface area contributed by atoms with E-state index in [1.54, 1.807) is 33.1 Å². The second-order valence-electron chi connectivity index (χ2n) is 7.55. The Morgan fingerprint density at radius 2 is 1.78 bits per heavy atom. The van der Waals surface area contributed by atoms with Gasteiger partial charge in [-0.15, -0.1) is 0 Å². The van der Waals surface area contributed by atoms with Crippen LogP contribution in [0.25, 0.3) is 0 Å². The van der Waals surface area contributed by atoms with Crippen LogP contribution in [0.3, 0.4) is 0 Å². The number of carbonyl (C=O) groups is 2. The van der Waals surface area contributed by atoms with E-state index in [4.69, 9.17) is 4.74 Å². The van der Waals surface area contributed by atoms with Crippen molar-refractivity contribution in [1.29, 1.82) is 0 Å². The predicted molar refractivity (Wildman–Crippen MR) is 122 cm³/mol. The van der Waals surface area contributed by atoms with E-state index in [1.165, 1.54) is 22.2 Å². The molecule has 1 aliphatic rings. The fourth-order valence-electron chi connectivity index (χ4n) is 3.95. The molecule has 1 atom stereocenters. The average molecular weight is 460 g/mol. The first-order valence-electron chi connectivity index (χ1n) is 10.6. The van der Waals surface area contributed by atoms with E-state index in [0.29, 0.717) is 30.9 Å². The van der Waals surface area contributed by atoms with Crippen molar-refractivity contribution >= 4 is 27.5 Å². The Hall–Kier alpha value is -2.91. The Morgan fingerprint density at radius 3 is 2.34 bits per heavy atom. The van der Waals surface area contributed by atoms with E-state index in [0.717, 1.165) is 11.3 Å². The molecule has 0 saturated heterocycles. The highest BCUT2D eigenvalue weighted by Crippen LogP contribution is 2.35. The lowest BCUT2D eigenvalue weighted by Gasteiger charge is -2.23. The zero-order valence-electron chi connectivity index (χ0n) is 18.8. The molecule has 0 bridgehead atoms. The minimum absolute atomic E-state index is 0.169. The quantitative estimate of drug-likeness (QED) is 0.654. The number of sulfonamides is 1. The number of fused-ring (bicyclic) bond motifs is 1. The molecule has 1 N–H and O–H groups in total. The SMILES string of the molecule is CCN(CC)S(=O)(=O)c1ccc2c(c1)C[C@H](C(=O)NCc1ccc(OC)cc1)N2C(C)=O. The molecule has 0 fully saturated rings. The number of carbonyl (C=O) groups excluding carboxylic acids is 2. The number of amides is 2. The Bertz CT molecular complexity index is 1100. The Labute approximate surface area is 189 Å². The van der Waals surface area contributed by atoms with Gasteiger partial charge in [0.15, 0.2) is 0 Å². The zero-order valence-corrected chi connectivity index (χ0v) is 19.6. The van der Waals surface area contributed by atoms with Crippen molar-refractivity contribution in [3.63, 3.8) is 0 Å². The number of hydrogen-bond acceptors (Lipinski definition) is 5. The number of nitrogens with one attached hydrogen (secondary N) is 1. The van der Waals surface area contributed by atoms with Gasteiger partial charge < -0.3 is 10.1 Å². The zero-order chi connectivity index (χ0) is 23.5. The lowest BCUT2D eigenvalue weighted by Crippen LogP contribution is -2.47. The molecule has 9 heteroatoms. The van der Waals surface area contributed by atoms with Crippen molar-refractivity contribution in [3.05, 3.63) is 53.6 Å². The van der Waals surface area contributed by atoms with Crippen molar-refractivity contribution in [2.75, 3.05) is 25.1 Å². The van der Waals surface area contributed by atoms with E-state index in [1.807, 2.05) is 24.3 Å². The van der Waals surface area contributed by atoms with Gasteiger partial charge in [0, 0.05) is 38.7 Å². The summed E-state index contributed by atoms with van der Waals surface area (Å²) in [4.78, 5) is 26.9. The highest BCUT2D eigenvalue weighted by atomic mass is 32.2. The number of hydrogen-bond donors (Lipinski definition) is 1. The van der Waals surface area contributed by atoms with Gasteiger partial charge in [-0.2, -0.15) is 4.31 Å². The van der Waals surface area contributed by atoms with E-state index in [9.17, 15) is 18.0 Å². The maximum Gasteiger partial charge on any atom is 0.243 e. The highest BCUT2D eigenvalue weighted by molar-refractivity contribution is 7.89. The van der Waals surface area contributed by atoms with Gasteiger partial charge in [-0.25, -0.2) is 8.42 Å². The molecule has 1 heterocycles. The van der Waals surface area contributed by atoms with Crippen LogP contribution in [0.1, 0.15) is 31.9 Å². The number of anilines is 1. The predicted octanol–water partition coefficient (Wildman–Crippen LogP) is 2.32. The van der Waals surface area contributed by atoms with E-state index >= 15 is 0 Å². The maximum atomic E-state index is 13.0. The van der Waals surface area contributed by atoms with Crippen LogP contribution in [0.5, 0.6) is 5.75 Å². The minimum Gasteiger partial charge on any atom is -0.497 e. The number of benzene rings is 2. The third kappa shape index (κ3) is 4.63. The maximum absolute atomic E-state index is 13.0. The summed E-state index contributed by atoms with van der Waals surface area (Å²) >= 11 is 0. The van der Waals surface area contributed by atoms with Gasteiger partial charge in [-0.3, -0.25) is 14.5 Å². The monoisotopic (exact) mass is 459 g/mol. The van der Waals surface area contributed by atoms with Crippen LogP contribution in [-0.2, 0) is 32.6 Å². The second-order valence-corrected chi connectivity index (χ2v) is 9.49. The van der Waals surface area contributed by atoms with Gasteiger partial charge in [0.2, 0.25) is 21.8 Å². The van der Waals surface area contributed by atoms with Gasteiger partial charge in [0.1, 0.15) is 11.8 Å². The lowest BCUT2D eigenvalue weighted by molar-refractivity contribution is -0.125. The molecule has 32 heavy (non-hydrogen) atoms. The molecule has 0 aromatic heterocycles. The standard InChI is InChI=1S/C23H29N3O5S/c1-5-25(6-2)32(29,30)20-11-12-21-18(13-20)14-22(26(21)16(3)27)23(28)24-15-17-7-9-19(31-4)10-8-17/h7-13,22H,5-6,14-15H2,1-4H3,(H,24,28)/t22-/m1/s1. The van der Waals surface area contributed by atoms with Crippen molar-refractivity contribution in [1.82, 2.24) is 9.62 Å². The summed E-state index contributed by atoms with van der Waals surface area (Å²) in [7, 11) is -2.04. The molecule has 2 aromatic carbocycles. The van der Waals surface area contributed by atoms with E-state index in [2.05, 4.69) is 5.32 Å². The second kappa shape index (κ2) is 9.70. The summed E-state index contributed by atoms with van der Waals surface area (Å²) in [5.74, 6) is 0.164. The number of ether oxygens (including phenoxy) is 1. The third-order valence-electron chi connectivity index (χ3n) is 5.65. The molecule has 0 unspecified atom stereocenters. The normalized spacial score (nSPS) is 15.5. The summed E-state index contributed by atoms with van der Waals surface area (Å²) in [6.07, 6.45) is 0.255. The fourth-order valence-corrected chi connectivity index (χ4v) is 5.46. The van der Waals surface area contributed by atoms with Crippen LogP contribution in [-0.4, -0.2) is 50.8 Å². The summed E-state index contributed by atoms with van der Waals surface area (Å²) in [6.45, 7) is 6.02. The van der Waals surface area contributed by atoms with Crippen molar-refractivity contribution in [2.24, 2.45) is 0 Å². The van der Waals surface area contributed by atoms with E-state index in [-0.39, 0.29) is 23.1 Å². The molecule has 0 radical (unpaired) electrons. The largest absolute Gasteiger partial charge is 0.497 e. The average Bonchev–Trinajstić information content (AvgIpc) is 3.17. The molecular weight excluding hydrogens is 430 g/mol. The summed E-state index contributed by atoms with van der Waals surface area (Å²) < 4.78 is 32.3. The smallest absolute Gasteiger partial charge is 0.243 e. The molecule has 3 rings (SSSR count). The lowest BCUT2D eigenvalue weighted by atomic mass is 10.1. The molecule has 0 saturated carbocycles. The molecule has 1 aliphatic heterocycles. The number of rotatable bonds is 8. The third-order valence-corrected chi connectivity index (χ3v) is 7.69. The molecule has 172 valence electrons. The van der Waals surface area contributed by atoms with Gasteiger partial charge in [0.25, 0.3) is 0 Å². The Balaban J connectivity index is 1.81. The summed E-state index contributed by atoms with van der Waals surface area (Å²) in [5, 5.41) is 2.88. The number of nitrogens with zero attached hydrogens (tertiary/aromatic N) is 2. The van der Waals surface area contributed by atoms with Gasteiger partial charge in [-0.1, -0.05) is 26.0 Å². The van der Waals surface area contributed by atoms with Crippen LogP contribution < -0.4 is 15.0 Å². The minimum atomic E-state index is -3.63. The molecular formula is C23H29N3O5S. The van der Waals surface area contributed by atoms with Crippen LogP contribution in [0.4, 0.5) is 5.69 Å². The molecule has 8 nitrogen and oxygen atoms in total. The first-order chi connectivity index (χ1) is 15.2. The number of methoxy groups -OCH3 is 1. The van der Waals surface area contributed by atoms with Crippen LogP contribution >= 0.6 is 0 Å². The summed E-state index contributed by atoms with van der Waals surface area (Å²) in [5.41, 5.74) is 2.13. The van der Waals surface area contributed by atoms with Crippen molar-refractivity contribution < 1.29 is 22.7 Å². The van der Waals surface area contributed by atoms with Crippen LogP contribution in [0.2, 0.25) is 0 Å². The molecule has 2 aromatic rings. The first kappa shape index (κ1) is 23.7. The van der Waals surface area contributed by atoms with Gasteiger partial charge >= 0.3 is 0 Å². The van der Waals surface area contributed by atoms with E-state index < -0.39 is 16.1 Å². The van der Waals surface area contributed by atoms with Crippen molar-refractivity contribution in [3.8, 4) is 5.75 Å². The Kier molecular flexibility index (Phi) is 7.20.